The Morgan fingerprint density at radius 2 is 2.06 bits per heavy atom. The fourth-order valence-electron chi connectivity index (χ4n) is 1.63. The molecule has 98 valence electrons. The minimum absolute atomic E-state index is 0.0880. The fraction of sp³-hybridized carbons (Fsp3) is 0.692. The van der Waals surface area contributed by atoms with Gasteiger partial charge in [0.05, 0.1) is 0 Å². The third kappa shape index (κ3) is 6.09. The lowest BCUT2D eigenvalue weighted by Gasteiger charge is -2.24. The molecular formula is C13H23NO3. The molecule has 0 saturated heterocycles. The maximum absolute atomic E-state index is 11.8. The number of carboxylic acids is 1. The monoisotopic (exact) mass is 241 g/mol. The van der Waals surface area contributed by atoms with Gasteiger partial charge in [-0.25, -0.2) is 4.79 Å². The van der Waals surface area contributed by atoms with Crippen molar-refractivity contribution >= 4 is 11.9 Å². The van der Waals surface area contributed by atoms with Crippen molar-refractivity contribution in [1.82, 2.24) is 4.90 Å². The molecule has 0 rings (SSSR count). The third-order valence-electron chi connectivity index (χ3n) is 2.78. The molecule has 1 N–H and O–H groups in total. The Bertz CT molecular complexity index is 263. The molecule has 4 heteroatoms. The zero-order chi connectivity index (χ0) is 13.3. The summed E-state index contributed by atoms with van der Waals surface area (Å²) in [5.41, 5.74) is 0. The van der Waals surface area contributed by atoms with Crippen molar-refractivity contribution in [1.29, 1.82) is 0 Å². The second-order valence-electron chi connectivity index (χ2n) is 4.18. The van der Waals surface area contributed by atoms with Gasteiger partial charge in [0, 0.05) is 13.5 Å². The normalized spacial score (nSPS) is 11.9. The fourth-order valence-corrected chi connectivity index (χ4v) is 1.63. The van der Waals surface area contributed by atoms with Crippen molar-refractivity contribution in [2.75, 3.05) is 7.05 Å². The van der Waals surface area contributed by atoms with Crippen LogP contribution in [-0.2, 0) is 9.59 Å². The predicted molar refractivity (Wildman–Crippen MR) is 67.8 cm³/mol. The molecule has 0 fully saturated rings. The first-order chi connectivity index (χ1) is 8.04. The largest absolute Gasteiger partial charge is 0.480 e. The summed E-state index contributed by atoms with van der Waals surface area (Å²) in [5.74, 6) is -1.03. The predicted octanol–water partition coefficient (Wildman–Crippen LogP) is 2.44. The molecule has 0 spiro atoms. The van der Waals surface area contributed by atoms with Crippen molar-refractivity contribution in [2.24, 2.45) is 0 Å². The number of nitrogens with zero attached hydrogens (tertiary/aromatic N) is 1. The first-order valence-electron chi connectivity index (χ1n) is 6.13. The van der Waals surface area contributed by atoms with Crippen molar-refractivity contribution in [2.45, 2.75) is 51.5 Å². The number of carboxylic acid groups (broad SMARTS) is 1. The molecule has 1 atom stereocenters. The second-order valence-corrected chi connectivity index (χ2v) is 4.18. The van der Waals surface area contributed by atoms with Gasteiger partial charge in [-0.05, 0) is 19.3 Å². The Morgan fingerprint density at radius 3 is 2.53 bits per heavy atom. The highest BCUT2D eigenvalue weighted by Gasteiger charge is 2.25. The number of amides is 1. The van der Waals surface area contributed by atoms with E-state index in [1.165, 1.54) is 4.90 Å². The molecule has 0 aliphatic heterocycles. The maximum Gasteiger partial charge on any atom is 0.326 e. The summed E-state index contributed by atoms with van der Waals surface area (Å²) in [7, 11) is 1.57. The average Bonchev–Trinajstić information content (AvgIpc) is 2.29. The molecule has 0 aliphatic carbocycles. The summed E-state index contributed by atoms with van der Waals surface area (Å²) in [5, 5.41) is 9.06. The molecule has 0 aromatic heterocycles. The molecule has 0 bridgehead atoms. The summed E-state index contributed by atoms with van der Waals surface area (Å²) in [6.45, 7) is 5.63. The van der Waals surface area contributed by atoms with Crippen LogP contribution in [0.4, 0.5) is 0 Å². The highest BCUT2D eigenvalue weighted by Crippen LogP contribution is 2.10. The quantitative estimate of drug-likeness (QED) is 0.498. The van der Waals surface area contributed by atoms with E-state index in [0.717, 1.165) is 19.3 Å². The topological polar surface area (TPSA) is 57.6 Å². The first kappa shape index (κ1) is 15.7. The van der Waals surface area contributed by atoms with Gasteiger partial charge in [0.2, 0.25) is 5.91 Å². The molecule has 1 amide bonds. The van der Waals surface area contributed by atoms with Gasteiger partial charge < -0.3 is 10.0 Å². The number of unbranched alkanes of at least 4 members (excludes halogenated alkanes) is 2. The molecule has 0 aromatic carbocycles. The Labute approximate surface area is 103 Å². The lowest BCUT2D eigenvalue weighted by molar-refractivity contribution is -0.149. The standard InChI is InChI=1S/C13H23NO3/c1-4-6-8-10-12(15)14(3)11(13(16)17)9-7-5-2/h5,11H,2,4,6-10H2,1,3H3,(H,16,17)/t11-/m0/s1. The highest BCUT2D eigenvalue weighted by molar-refractivity contribution is 5.83. The summed E-state index contributed by atoms with van der Waals surface area (Å²) < 4.78 is 0. The van der Waals surface area contributed by atoms with Crippen molar-refractivity contribution in [3.63, 3.8) is 0 Å². The molecule has 0 heterocycles. The van der Waals surface area contributed by atoms with Crippen molar-refractivity contribution in [3.05, 3.63) is 12.7 Å². The van der Waals surface area contributed by atoms with Crippen molar-refractivity contribution in [3.8, 4) is 0 Å². The van der Waals surface area contributed by atoms with Crippen LogP contribution in [0.5, 0.6) is 0 Å². The van der Waals surface area contributed by atoms with E-state index < -0.39 is 12.0 Å². The van der Waals surface area contributed by atoms with E-state index in [9.17, 15) is 9.59 Å². The SMILES string of the molecule is C=CCC[C@@H](C(=O)O)N(C)C(=O)CCCCC. The van der Waals surface area contributed by atoms with Crippen LogP contribution in [0, 0.1) is 0 Å². The number of hydrogen-bond donors (Lipinski definition) is 1. The Morgan fingerprint density at radius 1 is 1.41 bits per heavy atom. The van der Waals surface area contributed by atoms with E-state index in [1.807, 2.05) is 0 Å². The molecule has 4 nitrogen and oxygen atoms in total. The summed E-state index contributed by atoms with van der Waals surface area (Å²) >= 11 is 0. The van der Waals surface area contributed by atoms with Gasteiger partial charge in [0.15, 0.2) is 0 Å². The third-order valence-corrected chi connectivity index (χ3v) is 2.78. The minimum Gasteiger partial charge on any atom is -0.480 e. The second kappa shape index (κ2) is 8.79. The Balaban J connectivity index is 4.28. The van der Waals surface area contributed by atoms with E-state index in [2.05, 4.69) is 13.5 Å². The van der Waals surface area contributed by atoms with Crippen LogP contribution in [-0.4, -0.2) is 35.0 Å². The lowest BCUT2D eigenvalue weighted by atomic mass is 10.1. The molecule has 0 aliphatic rings. The molecule has 0 aromatic rings. The van der Waals surface area contributed by atoms with Gasteiger partial charge in [-0.15, -0.1) is 6.58 Å². The molecular weight excluding hydrogens is 218 g/mol. The van der Waals surface area contributed by atoms with Crippen LogP contribution >= 0.6 is 0 Å². The number of allylic oxidation sites excluding steroid dienone is 1. The van der Waals surface area contributed by atoms with Gasteiger partial charge in [-0.2, -0.15) is 0 Å². The van der Waals surface area contributed by atoms with Crippen LogP contribution in [0.1, 0.15) is 45.4 Å². The molecule has 0 unspecified atom stereocenters. The van der Waals surface area contributed by atoms with Gasteiger partial charge in [0.25, 0.3) is 0 Å². The highest BCUT2D eigenvalue weighted by atomic mass is 16.4. The van der Waals surface area contributed by atoms with Gasteiger partial charge in [-0.3, -0.25) is 4.79 Å². The minimum atomic E-state index is -0.946. The lowest BCUT2D eigenvalue weighted by Crippen LogP contribution is -2.42. The maximum atomic E-state index is 11.8. The van der Waals surface area contributed by atoms with Gasteiger partial charge in [-0.1, -0.05) is 25.8 Å². The number of rotatable bonds is 9. The summed E-state index contributed by atoms with van der Waals surface area (Å²) in [6, 6.07) is -0.734. The van der Waals surface area contributed by atoms with E-state index in [1.54, 1.807) is 13.1 Å². The Hall–Kier alpha value is -1.32. The zero-order valence-electron chi connectivity index (χ0n) is 10.8. The van der Waals surface area contributed by atoms with E-state index in [4.69, 9.17) is 5.11 Å². The first-order valence-corrected chi connectivity index (χ1v) is 6.13. The van der Waals surface area contributed by atoms with Gasteiger partial charge in [0.1, 0.15) is 6.04 Å². The van der Waals surface area contributed by atoms with Crippen LogP contribution in [0.25, 0.3) is 0 Å². The van der Waals surface area contributed by atoms with Crippen LogP contribution in [0.2, 0.25) is 0 Å². The number of aliphatic carboxylic acids is 1. The number of carbonyl (C=O) groups is 2. The Kier molecular flexibility index (Phi) is 8.11. The van der Waals surface area contributed by atoms with Crippen molar-refractivity contribution < 1.29 is 14.7 Å². The van der Waals surface area contributed by atoms with Crippen LogP contribution in [0.3, 0.4) is 0 Å². The van der Waals surface area contributed by atoms with Crippen LogP contribution < -0.4 is 0 Å². The number of hydrogen-bond acceptors (Lipinski definition) is 2. The van der Waals surface area contributed by atoms with E-state index >= 15 is 0 Å². The molecule has 17 heavy (non-hydrogen) atoms. The van der Waals surface area contributed by atoms with E-state index in [-0.39, 0.29) is 5.91 Å². The smallest absolute Gasteiger partial charge is 0.326 e. The summed E-state index contributed by atoms with van der Waals surface area (Å²) in [6.07, 6.45) is 6.01. The number of carbonyl (C=O) groups excluding carboxylic acids is 1. The van der Waals surface area contributed by atoms with E-state index in [0.29, 0.717) is 19.3 Å². The molecule has 0 saturated carbocycles. The zero-order valence-corrected chi connectivity index (χ0v) is 10.8. The van der Waals surface area contributed by atoms with Gasteiger partial charge >= 0.3 is 5.97 Å². The number of likely N-dealkylation sites (N-methyl/N-ethyl adjacent to an activating group) is 1. The van der Waals surface area contributed by atoms with Crippen LogP contribution in [0.15, 0.2) is 12.7 Å². The molecule has 0 radical (unpaired) electrons. The summed E-state index contributed by atoms with van der Waals surface area (Å²) in [4.78, 5) is 24.2. The average molecular weight is 241 g/mol.